The Morgan fingerprint density at radius 1 is 1.27 bits per heavy atom. The van der Waals surface area contributed by atoms with Crippen molar-refractivity contribution in [3.63, 3.8) is 0 Å². The van der Waals surface area contributed by atoms with Gasteiger partial charge in [-0.15, -0.1) is 4.36 Å². The van der Waals surface area contributed by atoms with Crippen LogP contribution in [0, 0.1) is 5.92 Å². The highest BCUT2D eigenvalue weighted by molar-refractivity contribution is 7.91. The summed E-state index contributed by atoms with van der Waals surface area (Å²) in [5.41, 5.74) is 6.12. The van der Waals surface area contributed by atoms with Crippen LogP contribution in [0.1, 0.15) is 41.5 Å². The number of nitrogens with one attached hydrogen (secondary N) is 1. The van der Waals surface area contributed by atoms with Gasteiger partial charge in [-0.3, -0.25) is 0 Å². The third-order valence-electron chi connectivity index (χ3n) is 5.91. The van der Waals surface area contributed by atoms with Gasteiger partial charge in [0.2, 0.25) is 0 Å². The fourth-order valence-electron chi connectivity index (χ4n) is 4.77. The lowest BCUT2D eigenvalue weighted by Crippen LogP contribution is -2.27. The predicted octanol–water partition coefficient (Wildman–Crippen LogP) is 2.49. The van der Waals surface area contributed by atoms with Gasteiger partial charge < -0.3 is 10.2 Å². The standard InChI is InChI=1S/C19H28N4O2S/c1-23-9-8-13(11-23)12-26(20,25)22-19(24)21-18-16-6-2-4-14(16)10-15-5-3-7-17(15)18/h10,13H,2-9,11-12H2,1H3,(H3,20,21,22,24,25). The maximum Gasteiger partial charge on any atom is 0.354 e. The van der Waals surface area contributed by atoms with Crippen molar-refractivity contribution in [2.24, 2.45) is 15.4 Å². The molecule has 6 nitrogen and oxygen atoms in total. The second kappa shape index (κ2) is 6.94. The lowest BCUT2D eigenvalue weighted by atomic mass is 9.99. The average Bonchev–Trinajstić information content (AvgIpc) is 3.26. The number of fused-ring (bicyclic) bond motifs is 2. The van der Waals surface area contributed by atoms with E-state index >= 15 is 0 Å². The summed E-state index contributed by atoms with van der Waals surface area (Å²) in [6.45, 7) is 1.85. The van der Waals surface area contributed by atoms with Crippen LogP contribution >= 0.6 is 0 Å². The lowest BCUT2D eigenvalue weighted by molar-refractivity contribution is 0.260. The molecule has 2 atom stereocenters. The average molecular weight is 377 g/mol. The number of anilines is 1. The molecule has 3 aliphatic rings. The van der Waals surface area contributed by atoms with Crippen LogP contribution in [0.25, 0.3) is 0 Å². The molecule has 1 saturated heterocycles. The van der Waals surface area contributed by atoms with Crippen LogP contribution in [0.4, 0.5) is 10.5 Å². The van der Waals surface area contributed by atoms with Gasteiger partial charge in [-0.05, 0) is 86.7 Å². The Kier molecular flexibility index (Phi) is 4.79. The predicted molar refractivity (Wildman–Crippen MR) is 105 cm³/mol. The number of rotatable bonds is 3. The summed E-state index contributed by atoms with van der Waals surface area (Å²) < 4.78 is 16.5. The number of amides is 2. The number of likely N-dealkylation sites (tertiary alicyclic amines) is 1. The zero-order valence-corrected chi connectivity index (χ0v) is 16.2. The third-order valence-corrected chi connectivity index (χ3v) is 7.33. The van der Waals surface area contributed by atoms with Crippen LogP contribution < -0.4 is 10.5 Å². The summed E-state index contributed by atoms with van der Waals surface area (Å²) in [6.07, 6.45) is 7.34. The largest absolute Gasteiger partial charge is 0.354 e. The Bertz CT molecular complexity index is 825. The van der Waals surface area contributed by atoms with Gasteiger partial charge in [0.05, 0.1) is 0 Å². The van der Waals surface area contributed by atoms with Crippen molar-refractivity contribution < 1.29 is 9.00 Å². The van der Waals surface area contributed by atoms with Gasteiger partial charge >= 0.3 is 6.03 Å². The van der Waals surface area contributed by atoms with Crippen LogP contribution in [0.3, 0.4) is 0 Å². The molecule has 1 aliphatic heterocycles. The van der Waals surface area contributed by atoms with E-state index in [0.717, 1.165) is 63.7 Å². The number of hydrogen-bond acceptors (Lipinski definition) is 3. The number of aryl methyl sites for hydroxylation is 2. The Hall–Kier alpha value is -1.44. The van der Waals surface area contributed by atoms with Gasteiger partial charge in [0.1, 0.15) is 9.92 Å². The number of nitrogens with two attached hydrogens (primary N) is 1. The molecule has 0 saturated carbocycles. The van der Waals surface area contributed by atoms with E-state index in [1.54, 1.807) is 0 Å². The van der Waals surface area contributed by atoms with Gasteiger partial charge in [-0.2, -0.15) is 0 Å². The molecular weight excluding hydrogens is 348 g/mol. The van der Waals surface area contributed by atoms with Crippen molar-refractivity contribution >= 4 is 21.6 Å². The second-order valence-corrected chi connectivity index (χ2v) is 9.92. The summed E-state index contributed by atoms with van der Waals surface area (Å²) >= 11 is 0. The van der Waals surface area contributed by atoms with Crippen molar-refractivity contribution in [1.29, 1.82) is 0 Å². The highest BCUT2D eigenvalue weighted by Gasteiger charge is 2.26. The van der Waals surface area contributed by atoms with Crippen LogP contribution in [-0.2, 0) is 35.6 Å². The molecule has 1 heterocycles. The van der Waals surface area contributed by atoms with Gasteiger partial charge in [-0.1, -0.05) is 6.07 Å². The number of urea groups is 1. The SMILES string of the molecule is CN1CCC(CS(N)(=O)=NC(=O)Nc2c3c(cc4c2CCC4)CCC3)C1. The molecule has 1 fully saturated rings. The number of carbonyl (C=O) groups is 1. The molecule has 1 aromatic rings. The normalized spacial score (nSPS) is 24.2. The molecule has 1 aromatic carbocycles. The highest BCUT2D eigenvalue weighted by atomic mass is 32.2. The molecule has 2 unspecified atom stereocenters. The van der Waals surface area contributed by atoms with Crippen molar-refractivity contribution in [2.75, 3.05) is 31.2 Å². The molecule has 0 radical (unpaired) electrons. The van der Waals surface area contributed by atoms with Crippen LogP contribution in [0.5, 0.6) is 0 Å². The van der Waals surface area contributed by atoms with E-state index in [-0.39, 0.29) is 11.7 Å². The smallest absolute Gasteiger partial charge is 0.306 e. The van der Waals surface area contributed by atoms with E-state index in [2.05, 4.69) is 20.6 Å². The fourth-order valence-corrected chi connectivity index (χ4v) is 6.12. The second-order valence-electron chi connectivity index (χ2n) is 8.03. The summed E-state index contributed by atoms with van der Waals surface area (Å²) in [5.74, 6) is 0.537. The number of benzene rings is 1. The van der Waals surface area contributed by atoms with E-state index in [9.17, 15) is 9.00 Å². The minimum atomic E-state index is -3.00. The molecule has 2 amide bonds. The molecule has 4 rings (SSSR count). The highest BCUT2D eigenvalue weighted by Crippen LogP contribution is 2.38. The molecule has 2 aliphatic carbocycles. The first-order valence-electron chi connectivity index (χ1n) is 9.60. The van der Waals surface area contributed by atoms with E-state index in [0.29, 0.717) is 0 Å². The number of nitrogens with zero attached hydrogens (tertiary/aromatic N) is 2. The number of hydrogen-bond donors (Lipinski definition) is 2. The molecule has 7 heteroatoms. The maximum absolute atomic E-state index is 12.6. The van der Waals surface area contributed by atoms with Crippen LogP contribution in [0.15, 0.2) is 10.4 Å². The Morgan fingerprint density at radius 2 is 1.92 bits per heavy atom. The maximum atomic E-state index is 12.6. The summed E-state index contributed by atoms with van der Waals surface area (Å²) in [6, 6.07) is 1.76. The molecule has 0 spiro atoms. The van der Waals surface area contributed by atoms with Crippen molar-refractivity contribution in [2.45, 2.75) is 44.9 Å². The quantitative estimate of drug-likeness (QED) is 0.849. The van der Waals surface area contributed by atoms with Crippen LogP contribution in [0.2, 0.25) is 0 Å². The molecular formula is C19H28N4O2S. The minimum absolute atomic E-state index is 0.249. The fraction of sp³-hybridized carbons (Fsp3) is 0.632. The van der Waals surface area contributed by atoms with Crippen molar-refractivity contribution in [3.8, 4) is 0 Å². The van der Waals surface area contributed by atoms with E-state index < -0.39 is 15.9 Å². The van der Waals surface area contributed by atoms with Gasteiger partial charge in [0.25, 0.3) is 0 Å². The Balaban J connectivity index is 1.54. The zero-order valence-electron chi connectivity index (χ0n) is 15.4. The summed E-state index contributed by atoms with van der Waals surface area (Å²) in [4.78, 5) is 14.7. The zero-order chi connectivity index (χ0) is 18.3. The van der Waals surface area contributed by atoms with Crippen molar-refractivity contribution in [3.05, 3.63) is 28.3 Å². The molecule has 142 valence electrons. The molecule has 0 bridgehead atoms. The van der Waals surface area contributed by atoms with Crippen LogP contribution in [-0.4, -0.2) is 41.0 Å². The molecule has 0 aromatic heterocycles. The first-order valence-corrected chi connectivity index (χ1v) is 11.3. The van der Waals surface area contributed by atoms with Crippen molar-refractivity contribution in [1.82, 2.24) is 4.90 Å². The van der Waals surface area contributed by atoms with E-state index in [1.807, 2.05) is 7.05 Å². The minimum Gasteiger partial charge on any atom is -0.306 e. The summed E-state index contributed by atoms with van der Waals surface area (Å²) in [5, 5.41) is 8.86. The van der Waals surface area contributed by atoms with E-state index in [4.69, 9.17) is 5.14 Å². The van der Waals surface area contributed by atoms with E-state index in [1.165, 1.54) is 22.3 Å². The van der Waals surface area contributed by atoms with Gasteiger partial charge in [-0.25, -0.2) is 14.1 Å². The monoisotopic (exact) mass is 376 g/mol. The Labute approximate surface area is 155 Å². The molecule has 3 N–H and O–H groups in total. The topological polar surface area (TPSA) is 87.8 Å². The third kappa shape index (κ3) is 3.66. The van der Waals surface area contributed by atoms with Gasteiger partial charge in [0.15, 0.2) is 0 Å². The first kappa shape index (κ1) is 17.9. The number of carbonyl (C=O) groups excluding carboxylic acids is 1. The first-order chi connectivity index (χ1) is 12.4. The summed E-state index contributed by atoms with van der Waals surface area (Å²) in [7, 11) is -0.959. The lowest BCUT2D eigenvalue weighted by Gasteiger charge is -2.15. The molecule has 26 heavy (non-hydrogen) atoms. The van der Waals surface area contributed by atoms with Gasteiger partial charge in [0, 0.05) is 18.0 Å². The Morgan fingerprint density at radius 3 is 2.50 bits per heavy atom.